The van der Waals surface area contributed by atoms with E-state index in [9.17, 15) is 4.79 Å². The highest BCUT2D eigenvalue weighted by molar-refractivity contribution is 5.89. The molecular formula is C14H16N2O2. The lowest BCUT2D eigenvalue weighted by Gasteiger charge is -2.05. The number of carbonyl (C=O) groups is 1. The van der Waals surface area contributed by atoms with Gasteiger partial charge in [-0.15, -0.1) is 0 Å². The van der Waals surface area contributed by atoms with E-state index in [1.807, 2.05) is 36.7 Å². The van der Waals surface area contributed by atoms with Crippen molar-refractivity contribution < 1.29 is 9.53 Å². The Morgan fingerprint density at radius 2 is 1.94 bits per heavy atom. The molecule has 0 bridgehead atoms. The van der Waals surface area contributed by atoms with Crippen LogP contribution in [0.15, 0.2) is 30.3 Å². The van der Waals surface area contributed by atoms with E-state index in [-0.39, 0.29) is 5.97 Å². The molecule has 0 aliphatic heterocycles. The van der Waals surface area contributed by atoms with Crippen LogP contribution >= 0.6 is 0 Å². The Bertz CT molecular complexity index is 556. The van der Waals surface area contributed by atoms with Gasteiger partial charge in [-0.25, -0.2) is 4.79 Å². The lowest BCUT2D eigenvalue weighted by atomic mass is 10.1. The van der Waals surface area contributed by atoms with E-state index in [1.165, 1.54) is 7.11 Å². The van der Waals surface area contributed by atoms with Gasteiger partial charge in [0.15, 0.2) is 0 Å². The standard InChI is InChI=1S/C14H16N2O2/c1-10-8-11(2)16(15-10)9-12-4-6-13(7-5-12)14(17)18-3/h4-8H,9H2,1-3H3. The van der Waals surface area contributed by atoms with Crippen molar-refractivity contribution in [2.45, 2.75) is 20.4 Å². The summed E-state index contributed by atoms with van der Waals surface area (Å²) in [5, 5.41) is 4.40. The fraction of sp³-hybridized carbons (Fsp3) is 0.286. The number of aromatic nitrogens is 2. The van der Waals surface area contributed by atoms with Crippen molar-refractivity contribution >= 4 is 5.97 Å². The molecule has 0 radical (unpaired) electrons. The SMILES string of the molecule is COC(=O)c1ccc(Cn2nc(C)cc2C)cc1. The third-order valence-electron chi connectivity index (χ3n) is 2.81. The zero-order valence-corrected chi connectivity index (χ0v) is 10.8. The van der Waals surface area contributed by atoms with Crippen LogP contribution in [0.3, 0.4) is 0 Å². The molecule has 0 saturated carbocycles. The number of aryl methyl sites for hydroxylation is 2. The summed E-state index contributed by atoms with van der Waals surface area (Å²) in [5.41, 5.74) is 3.81. The van der Waals surface area contributed by atoms with Gasteiger partial charge in [0, 0.05) is 5.69 Å². The Hall–Kier alpha value is -2.10. The van der Waals surface area contributed by atoms with E-state index in [2.05, 4.69) is 9.84 Å². The summed E-state index contributed by atoms with van der Waals surface area (Å²) in [5.74, 6) is -0.312. The molecule has 4 nitrogen and oxygen atoms in total. The summed E-state index contributed by atoms with van der Waals surface area (Å²) < 4.78 is 6.61. The molecule has 0 fully saturated rings. The molecule has 1 aromatic carbocycles. The van der Waals surface area contributed by atoms with Crippen molar-refractivity contribution in [3.05, 3.63) is 52.8 Å². The second-order valence-electron chi connectivity index (χ2n) is 4.27. The fourth-order valence-electron chi connectivity index (χ4n) is 1.87. The van der Waals surface area contributed by atoms with Gasteiger partial charge >= 0.3 is 5.97 Å². The lowest BCUT2D eigenvalue weighted by Crippen LogP contribution is -2.05. The molecule has 0 N–H and O–H groups in total. The van der Waals surface area contributed by atoms with Crippen molar-refractivity contribution in [1.82, 2.24) is 9.78 Å². The van der Waals surface area contributed by atoms with Gasteiger partial charge in [0.05, 0.1) is 24.9 Å². The second kappa shape index (κ2) is 5.04. The van der Waals surface area contributed by atoms with Gasteiger partial charge in [0.1, 0.15) is 0 Å². The van der Waals surface area contributed by atoms with Gasteiger partial charge in [-0.3, -0.25) is 4.68 Å². The average Bonchev–Trinajstić information content (AvgIpc) is 2.68. The minimum atomic E-state index is -0.312. The summed E-state index contributed by atoms with van der Waals surface area (Å²) >= 11 is 0. The summed E-state index contributed by atoms with van der Waals surface area (Å²) in [4.78, 5) is 11.3. The summed E-state index contributed by atoms with van der Waals surface area (Å²) in [6.07, 6.45) is 0. The van der Waals surface area contributed by atoms with Gasteiger partial charge < -0.3 is 4.74 Å². The van der Waals surface area contributed by atoms with Crippen molar-refractivity contribution in [2.24, 2.45) is 0 Å². The predicted molar refractivity (Wildman–Crippen MR) is 68.6 cm³/mol. The van der Waals surface area contributed by atoms with E-state index in [0.29, 0.717) is 12.1 Å². The van der Waals surface area contributed by atoms with Gasteiger partial charge in [-0.2, -0.15) is 5.10 Å². The Morgan fingerprint density at radius 1 is 1.28 bits per heavy atom. The lowest BCUT2D eigenvalue weighted by molar-refractivity contribution is 0.0600. The van der Waals surface area contributed by atoms with Gasteiger partial charge in [0.2, 0.25) is 0 Å². The molecule has 1 aromatic heterocycles. The highest BCUT2D eigenvalue weighted by atomic mass is 16.5. The maximum Gasteiger partial charge on any atom is 0.337 e. The first-order valence-electron chi connectivity index (χ1n) is 5.78. The molecule has 4 heteroatoms. The molecule has 0 aliphatic carbocycles. The van der Waals surface area contributed by atoms with Crippen LogP contribution in [0, 0.1) is 13.8 Å². The number of esters is 1. The normalized spacial score (nSPS) is 10.4. The molecule has 1 heterocycles. The molecule has 2 aromatic rings. The third kappa shape index (κ3) is 2.59. The molecule has 0 atom stereocenters. The molecule has 18 heavy (non-hydrogen) atoms. The highest BCUT2D eigenvalue weighted by Gasteiger charge is 2.06. The number of hydrogen-bond donors (Lipinski definition) is 0. The number of carbonyl (C=O) groups excluding carboxylic acids is 1. The highest BCUT2D eigenvalue weighted by Crippen LogP contribution is 2.09. The molecular weight excluding hydrogens is 228 g/mol. The smallest absolute Gasteiger partial charge is 0.337 e. The zero-order chi connectivity index (χ0) is 13.1. The second-order valence-corrected chi connectivity index (χ2v) is 4.27. The molecule has 0 unspecified atom stereocenters. The van der Waals surface area contributed by atoms with Crippen LogP contribution in [0.4, 0.5) is 0 Å². The molecule has 0 aliphatic rings. The number of benzene rings is 1. The summed E-state index contributed by atoms with van der Waals surface area (Å²) in [6, 6.07) is 9.42. The van der Waals surface area contributed by atoms with Crippen LogP contribution in [-0.2, 0) is 11.3 Å². The molecule has 0 spiro atoms. The minimum absolute atomic E-state index is 0.312. The van der Waals surface area contributed by atoms with E-state index >= 15 is 0 Å². The number of methoxy groups -OCH3 is 1. The summed E-state index contributed by atoms with van der Waals surface area (Å²) in [6.45, 7) is 4.72. The van der Waals surface area contributed by atoms with Crippen LogP contribution in [0.25, 0.3) is 0 Å². The van der Waals surface area contributed by atoms with Crippen molar-refractivity contribution in [3.63, 3.8) is 0 Å². The van der Waals surface area contributed by atoms with Gasteiger partial charge in [-0.05, 0) is 37.6 Å². The van der Waals surface area contributed by atoms with Crippen LogP contribution in [-0.4, -0.2) is 22.9 Å². The average molecular weight is 244 g/mol. The first-order chi connectivity index (χ1) is 8.60. The first kappa shape index (κ1) is 12.4. The Kier molecular flexibility index (Phi) is 3.46. The Balaban J connectivity index is 2.16. The Morgan fingerprint density at radius 3 is 2.44 bits per heavy atom. The number of nitrogens with zero attached hydrogens (tertiary/aromatic N) is 2. The van der Waals surface area contributed by atoms with E-state index in [1.54, 1.807) is 12.1 Å². The van der Waals surface area contributed by atoms with E-state index in [4.69, 9.17) is 0 Å². The maximum atomic E-state index is 11.3. The van der Waals surface area contributed by atoms with Crippen LogP contribution in [0.2, 0.25) is 0 Å². The minimum Gasteiger partial charge on any atom is -0.465 e. The van der Waals surface area contributed by atoms with Crippen molar-refractivity contribution in [3.8, 4) is 0 Å². The number of hydrogen-bond acceptors (Lipinski definition) is 3. The topological polar surface area (TPSA) is 44.1 Å². The Labute approximate surface area is 106 Å². The molecule has 0 saturated heterocycles. The van der Waals surface area contributed by atoms with Crippen LogP contribution in [0.5, 0.6) is 0 Å². The quantitative estimate of drug-likeness (QED) is 0.778. The predicted octanol–water partition coefficient (Wildman–Crippen LogP) is 2.33. The molecule has 94 valence electrons. The first-order valence-corrected chi connectivity index (χ1v) is 5.78. The van der Waals surface area contributed by atoms with Crippen LogP contribution < -0.4 is 0 Å². The van der Waals surface area contributed by atoms with Crippen LogP contribution in [0.1, 0.15) is 27.3 Å². The number of rotatable bonds is 3. The fourth-order valence-corrected chi connectivity index (χ4v) is 1.87. The van der Waals surface area contributed by atoms with Gasteiger partial charge in [-0.1, -0.05) is 12.1 Å². The van der Waals surface area contributed by atoms with E-state index in [0.717, 1.165) is 17.0 Å². The maximum absolute atomic E-state index is 11.3. The van der Waals surface area contributed by atoms with Gasteiger partial charge in [0.25, 0.3) is 0 Å². The molecule has 0 amide bonds. The monoisotopic (exact) mass is 244 g/mol. The van der Waals surface area contributed by atoms with E-state index < -0.39 is 0 Å². The number of ether oxygens (including phenoxy) is 1. The summed E-state index contributed by atoms with van der Waals surface area (Å²) in [7, 11) is 1.38. The van der Waals surface area contributed by atoms with Crippen molar-refractivity contribution in [2.75, 3.05) is 7.11 Å². The third-order valence-corrected chi connectivity index (χ3v) is 2.81. The largest absolute Gasteiger partial charge is 0.465 e. The zero-order valence-electron chi connectivity index (χ0n) is 10.8. The van der Waals surface area contributed by atoms with Crippen molar-refractivity contribution in [1.29, 1.82) is 0 Å². The molecule has 2 rings (SSSR count).